The van der Waals surface area contributed by atoms with E-state index in [1.807, 2.05) is 18.2 Å². The van der Waals surface area contributed by atoms with Crippen LogP contribution in [-0.2, 0) is 4.79 Å². The normalized spacial score (nSPS) is 35.4. The molecule has 3 rings (SSSR count). The quantitative estimate of drug-likeness (QED) is 0.675. The molecule has 18 heavy (non-hydrogen) atoms. The second kappa shape index (κ2) is 3.57. The van der Waals surface area contributed by atoms with Crippen LogP contribution in [-0.4, -0.2) is 5.78 Å². The highest BCUT2D eigenvalue weighted by Gasteiger charge is 2.63. The number of fused-ring (bicyclic) bond motifs is 2. The fraction of sp³-hybridized carbons (Fsp3) is 0.471. The number of carbonyl (C=O) groups is 1. The Morgan fingerprint density at radius 3 is 2.39 bits per heavy atom. The van der Waals surface area contributed by atoms with Crippen molar-refractivity contribution in [1.29, 1.82) is 0 Å². The maximum Gasteiger partial charge on any atom is 0.165 e. The molecule has 0 N–H and O–H groups in total. The van der Waals surface area contributed by atoms with Gasteiger partial charge in [-0.05, 0) is 41.4 Å². The van der Waals surface area contributed by atoms with Crippen molar-refractivity contribution in [2.75, 3.05) is 0 Å². The number of ketones is 1. The molecule has 0 heterocycles. The van der Waals surface area contributed by atoms with Crippen LogP contribution in [0.5, 0.6) is 0 Å². The third-order valence-corrected chi connectivity index (χ3v) is 5.49. The first-order chi connectivity index (χ1) is 8.47. The maximum absolute atomic E-state index is 12.6. The van der Waals surface area contributed by atoms with Gasteiger partial charge < -0.3 is 0 Å². The fourth-order valence-corrected chi connectivity index (χ4v) is 3.82. The van der Waals surface area contributed by atoms with Crippen molar-refractivity contribution < 1.29 is 4.79 Å². The molecule has 0 unspecified atom stereocenters. The lowest BCUT2D eigenvalue weighted by Crippen LogP contribution is -2.32. The Morgan fingerprint density at radius 2 is 1.83 bits per heavy atom. The molecule has 1 nitrogen and oxygen atoms in total. The van der Waals surface area contributed by atoms with E-state index >= 15 is 0 Å². The minimum Gasteiger partial charge on any atom is -0.294 e. The minimum atomic E-state index is -0.141. The van der Waals surface area contributed by atoms with Crippen molar-refractivity contribution in [2.24, 2.45) is 16.7 Å². The van der Waals surface area contributed by atoms with Gasteiger partial charge in [0.25, 0.3) is 0 Å². The number of allylic oxidation sites excluding steroid dienone is 1. The summed E-state index contributed by atoms with van der Waals surface area (Å²) in [6.45, 7) is 6.67. The van der Waals surface area contributed by atoms with Crippen molar-refractivity contribution in [3.63, 3.8) is 0 Å². The molecule has 0 radical (unpaired) electrons. The van der Waals surface area contributed by atoms with Crippen molar-refractivity contribution >= 4 is 11.9 Å². The molecule has 94 valence electrons. The second-order valence-electron chi connectivity index (χ2n) is 6.48. The highest BCUT2D eigenvalue weighted by Crippen LogP contribution is 2.65. The molecule has 0 aromatic heterocycles. The molecule has 0 saturated heterocycles. The van der Waals surface area contributed by atoms with E-state index in [-0.39, 0.29) is 10.8 Å². The van der Waals surface area contributed by atoms with Gasteiger partial charge in [-0.1, -0.05) is 51.1 Å². The minimum absolute atomic E-state index is 0.116. The SMILES string of the molecule is CC1(C)[C@H]2CC[C@@]1(C)C(=O)/C2=C/c1ccccc1. The molecule has 2 saturated carbocycles. The Balaban J connectivity index is 2.07. The highest BCUT2D eigenvalue weighted by atomic mass is 16.1. The van der Waals surface area contributed by atoms with Crippen LogP contribution in [0.3, 0.4) is 0 Å². The first kappa shape index (κ1) is 11.7. The van der Waals surface area contributed by atoms with Crippen molar-refractivity contribution in [1.82, 2.24) is 0 Å². The van der Waals surface area contributed by atoms with Crippen molar-refractivity contribution in [2.45, 2.75) is 33.6 Å². The van der Waals surface area contributed by atoms with Gasteiger partial charge in [-0.3, -0.25) is 4.79 Å². The summed E-state index contributed by atoms with van der Waals surface area (Å²) >= 11 is 0. The summed E-state index contributed by atoms with van der Waals surface area (Å²) in [5.41, 5.74) is 2.18. The Morgan fingerprint density at radius 1 is 1.17 bits per heavy atom. The molecular weight excluding hydrogens is 220 g/mol. The zero-order valence-corrected chi connectivity index (χ0v) is 11.4. The highest BCUT2D eigenvalue weighted by molar-refractivity contribution is 6.07. The summed E-state index contributed by atoms with van der Waals surface area (Å²) in [6.07, 6.45) is 4.32. The van der Waals surface area contributed by atoms with E-state index in [2.05, 4.69) is 39.0 Å². The first-order valence-corrected chi connectivity index (χ1v) is 6.78. The average molecular weight is 240 g/mol. The van der Waals surface area contributed by atoms with Crippen LogP contribution in [0, 0.1) is 16.7 Å². The van der Waals surface area contributed by atoms with Crippen LogP contribution >= 0.6 is 0 Å². The summed E-state index contributed by atoms with van der Waals surface area (Å²) in [5, 5.41) is 0. The number of hydrogen-bond donors (Lipinski definition) is 0. The Kier molecular flexibility index (Phi) is 2.32. The van der Waals surface area contributed by atoms with Crippen LogP contribution in [0.25, 0.3) is 6.08 Å². The largest absolute Gasteiger partial charge is 0.294 e. The van der Waals surface area contributed by atoms with E-state index in [0.29, 0.717) is 11.7 Å². The van der Waals surface area contributed by atoms with E-state index in [9.17, 15) is 4.79 Å². The molecule has 2 aliphatic rings. The van der Waals surface area contributed by atoms with E-state index in [0.717, 1.165) is 24.0 Å². The summed E-state index contributed by atoms with van der Waals surface area (Å²) in [5.74, 6) is 0.822. The number of hydrogen-bond acceptors (Lipinski definition) is 1. The van der Waals surface area contributed by atoms with Gasteiger partial charge in [0.2, 0.25) is 0 Å². The molecule has 2 bridgehead atoms. The Bertz CT molecular complexity index is 524. The monoisotopic (exact) mass is 240 g/mol. The van der Waals surface area contributed by atoms with Gasteiger partial charge in [-0.25, -0.2) is 0 Å². The van der Waals surface area contributed by atoms with Gasteiger partial charge in [0.05, 0.1) is 0 Å². The zero-order chi connectivity index (χ0) is 13.0. The van der Waals surface area contributed by atoms with Gasteiger partial charge in [0, 0.05) is 5.41 Å². The van der Waals surface area contributed by atoms with E-state index in [4.69, 9.17) is 0 Å². The van der Waals surface area contributed by atoms with E-state index in [1.54, 1.807) is 0 Å². The molecule has 2 atom stereocenters. The standard InChI is InChI=1S/C17H20O/c1-16(2)14-9-10-17(16,3)15(18)13(14)11-12-7-5-4-6-8-12/h4-8,11,14H,9-10H2,1-3H3/b13-11+/t14-,17-/m0/s1. The number of Topliss-reactive ketones (excluding diaryl/α,β-unsaturated/α-hetero) is 1. The number of benzene rings is 1. The molecule has 0 spiro atoms. The Labute approximate surface area is 109 Å². The average Bonchev–Trinajstić information content (AvgIpc) is 2.65. The molecule has 1 heteroatoms. The van der Waals surface area contributed by atoms with Crippen molar-refractivity contribution in [3.8, 4) is 0 Å². The smallest absolute Gasteiger partial charge is 0.165 e. The van der Waals surface area contributed by atoms with Gasteiger partial charge in [-0.2, -0.15) is 0 Å². The maximum atomic E-state index is 12.6. The lowest BCUT2D eigenvalue weighted by atomic mass is 9.70. The van der Waals surface area contributed by atoms with Gasteiger partial charge in [-0.15, -0.1) is 0 Å². The van der Waals surface area contributed by atoms with E-state index < -0.39 is 0 Å². The van der Waals surface area contributed by atoms with Crippen LogP contribution in [0.15, 0.2) is 35.9 Å². The van der Waals surface area contributed by atoms with Crippen LogP contribution in [0.1, 0.15) is 39.2 Å². The number of rotatable bonds is 1. The topological polar surface area (TPSA) is 17.1 Å². The molecule has 0 amide bonds. The predicted octanol–water partition coefficient (Wildman–Crippen LogP) is 4.10. The third-order valence-electron chi connectivity index (χ3n) is 5.49. The lowest BCUT2D eigenvalue weighted by Gasteiger charge is -2.31. The molecule has 2 aliphatic carbocycles. The van der Waals surface area contributed by atoms with Gasteiger partial charge in [0.1, 0.15) is 0 Å². The number of carbonyl (C=O) groups excluding carboxylic acids is 1. The summed E-state index contributed by atoms with van der Waals surface area (Å²) in [4.78, 5) is 12.6. The van der Waals surface area contributed by atoms with Crippen LogP contribution < -0.4 is 0 Å². The molecule has 2 fully saturated rings. The molecule has 1 aromatic rings. The molecular formula is C17H20O. The molecule has 0 aliphatic heterocycles. The zero-order valence-electron chi connectivity index (χ0n) is 11.4. The Hall–Kier alpha value is -1.37. The van der Waals surface area contributed by atoms with Crippen LogP contribution in [0.4, 0.5) is 0 Å². The fourth-order valence-electron chi connectivity index (χ4n) is 3.82. The van der Waals surface area contributed by atoms with Crippen molar-refractivity contribution in [3.05, 3.63) is 41.5 Å². The van der Waals surface area contributed by atoms with Crippen LogP contribution in [0.2, 0.25) is 0 Å². The predicted molar refractivity (Wildman–Crippen MR) is 74.0 cm³/mol. The molecule has 1 aromatic carbocycles. The van der Waals surface area contributed by atoms with Gasteiger partial charge in [0.15, 0.2) is 5.78 Å². The summed E-state index contributed by atoms with van der Waals surface area (Å²) in [7, 11) is 0. The summed E-state index contributed by atoms with van der Waals surface area (Å²) in [6, 6.07) is 10.2. The first-order valence-electron chi connectivity index (χ1n) is 6.78. The lowest BCUT2D eigenvalue weighted by molar-refractivity contribution is -0.125. The van der Waals surface area contributed by atoms with E-state index in [1.165, 1.54) is 0 Å². The second-order valence-corrected chi connectivity index (χ2v) is 6.48. The van der Waals surface area contributed by atoms with Gasteiger partial charge >= 0.3 is 0 Å². The third kappa shape index (κ3) is 1.31. The summed E-state index contributed by atoms with van der Waals surface area (Å²) < 4.78 is 0.